The van der Waals surface area contributed by atoms with Crippen LogP contribution in [-0.2, 0) is 4.79 Å². The lowest BCUT2D eigenvalue weighted by atomic mass is 10.1. The Morgan fingerprint density at radius 2 is 1.91 bits per heavy atom. The van der Waals surface area contributed by atoms with Crippen molar-refractivity contribution in [3.8, 4) is 22.8 Å². The fourth-order valence-corrected chi connectivity index (χ4v) is 3.94. The fourth-order valence-electron chi connectivity index (χ4n) is 3.94. The van der Waals surface area contributed by atoms with Gasteiger partial charge in [0, 0.05) is 23.5 Å². The van der Waals surface area contributed by atoms with Gasteiger partial charge in [-0.1, -0.05) is 24.3 Å². The van der Waals surface area contributed by atoms with Gasteiger partial charge in [-0.05, 0) is 55.7 Å². The van der Waals surface area contributed by atoms with E-state index in [0.717, 1.165) is 16.8 Å². The third-order valence-corrected chi connectivity index (χ3v) is 6.16. The molecule has 2 aliphatic rings. The van der Waals surface area contributed by atoms with Crippen LogP contribution in [0.2, 0.25) is 0 Å². The number of carbonyl (C=O) groups excluding carboxylic acids is 1. The maximum Gasteiger partial charge on any atom is 0.326 e. The number of aliphatic carboxylic acids is 1. The largest absolute Gasteiger partial charge is 0.487 e. The van der Waals surface area contributed by atoms with E-state index in [2.05, 4.69) is 10.3 Å². The highest BCUT2D eigenvalue weighted by Crippen LogP contribution is 2.46. The Bertz CT molecular complexity index is 1210. The number of aromatic nitrogens is 1. The van der Waals surface area contributed by atoms with Gasteiger partial charge < -0.3 is 19.9 Å². The Morgan fingerprint density at radius 1 is 1.15 bits per heavy atom. The zero-order valence-corrected chi connectivity index (χ0v) is 18.7. The number of amides is 2. The van der Waals surface area contributed by atoms with E-state index >= 15 is 0 Å². The average Bonchev–Trinajstić information content (AvgIpc) is 3.64. The SMILES string of the molecule is CC1CN(C(=O)Nc2ccccc2)c2ccc(-c3ccc(OCC4(C(=O)O)CC4)nc3)cc2O1. The van der Waals surface area contributed by atoms with Crippen molar-refractivity contribution >= 4 is 23.4 Å². The number of benzene rings is 2. The number of nitrogens with zero attached hydrogens (tertiary/aromatic N) is 2. The first kappa shape index (κ1) is 21.8. The Kier molecular flexibility index (Phi) is 5.57. The topological polar surface area (TPSA) is 101 Å². The molecule has 0 radical (unpaired) electrons. The minimum atomic E-state index is -0.820. The molecule has 1 saturated carbocycles. The van der Waals surface area contributed by atoms with Crippen molar-refractivity contribution in [2.24, 2.45) is 5.41 Å². The number of hydrogen-bond acceptors (Lipinski definition) is 5. The van der Waals surface area contributed by atoms with E-state index in [1.807, 2.05) is 61.5 Å². The van der Waals surface area contributed by atoms with Crippen LogP contribution in [0.3, 0.4) is 0 Å². The van der Waals surface area contributed by atoms with Crippen LogP contribution < -0.4 is 19.7 Å². The Balaban J connectivity index is 1.31. The number of fused-ring (bicyclic) bond motifs is 1. The van der Waals surface area contributed by atoms with Gasteiger partial charge in [0.15, 0.2) is 0 Å². The fraction of sp³-hybridized carbons (Fsp3) is 0.269. The summed E-state index contributed by atoms with van der Waals surface area (Å²) in [5, 5.41) is 12.2. The first-order valence-electron chi connectivity index (χ1n) is 11.2. The lowest BCUT2D eigenvalue weighted by Crippen LogP contribution is -2.44. The maximum absolute atomic E-state index is 12.9. The number of carboxylic acid groups (broad SMARTS) is 1. The normalized spacial score (nSPS) is 17.8. The van der Waals surface area contributed by atoms with E-state index < -0.39 is 11.4 Å². The van der Waals surface area contributed by atoms with Crippen molar-refractivity contribution in [3.63, 3.8) is 0 Å². The maximum atomic E-state index is 12.9. The van der Waals surface area contributed by atoms with Crippen LogP contribution in [0.4, 0.5) is 16.2 Å². The molecule has 1 aliphatic heterocycles. The quantitative estimate of drug-likeness (QED) is 0.549. The van der Waals surface area contributed by atoms with Crippen LogP contribution in [-0.4, -0.2) is 41.3 Å². The summed E-state index contributed by atoms with van der Waals surface area (Å²) in [6.45, 7) is 2.49. The van der Waals surface area contributed by atoms with Gasteiger partial charge in [0.1, 0.15) is 23.9 Å². The summed E-state index contributed by atoms with van der Waals surface area (Å²) in [5.74, 6) is 0.193. The Morgan fingerprint density at radius 3 is 2.59 bits per heavy atom. The molecule has 2 heterocycles. The molecule has 3 aromatic rings. The second-order valence-corrected chi connectivity index (χ2v) is 8.78. The van der Waals surface area contributed by atoms with E-state index in [0.29, 0.717) is 36.7 Å². The highest BCUT2D eigenvalue weighted by molar-refractivity contribution is 6.03. The minimum absolute atomic E-state index is 0.125. The average molecular weight is 460 g/mol. The Labute approximate surface area is 197 Å². The molecule has 1 unspecified atom stereocenters. The van der Waals surface area contributed by atoms with Crippen LogP contribution in [0.15, 0.2) is 66.9 Å². The number of carboxylic acids is 1. The molecule has 1 aromatic heterocycles. The number of anilines is 2. The first-order chi connectivity index (χ1) is 16.4. The molecule has 2 N–H and O–H groups in total. The summed E-state index contributed by atoms with van der Waals surface area (Å²) in [7, 11) is 0. The molecular formula is C26H25N3O5. The molecule has 1 fully saturated rings. The van der Waals surface area contributed by atoms with Crippen molar-refractivity contribution in [2.75, 3.05) is 23.4 Å². The van der Waals surface area contributed by atoms with Crippen LogP contribution in [0.1, 0.15) is 19.8 Å². The zero-order valence-electron chi connectivity index (χ0n) is 18.7. The molecule has 0 spiro atoms. The number of ether oxygens (including phenoxy) is 2. The molecule has 34 heavy (non-hydrogen) atoms. The highest BCUT2D eigenvalue weighted by Gasteiger charge is 2.51. The van der Waals surface area contributed by atoms with Crippen molar-refractivity contribution in [1.82, 2.24) is 4.98 Å². The van der Waals surface area contributed by atoms with Gasteiger partial charge in [0.2, 0.25) is 5.88 Å². The van der Waals surface area contributed by atoms with Crippen molar-refractivity contribution < 1.29 is 24.2 Å². The summed E-state index contributed by atoms with van der Waals surface area (Å²) in [5.41, 5.74) is 2.42. The molecule has 0 saturated heterocycles. The molecule has 5 rings (SSSR count). The number of carbonyl (C=O) groups is 2. The van der Waals surface area contributed by atoms with E-state index in [1.165, 1.54) is 0 Å². The molecule has 0 bridgehead atoms. The van der Waals surface area contributed by atoms with Gasteiger partial charge in [0.05, 0.1) is 12.2 Å². The van der Waals surface area contributed by atoms with Gasteiger partial charge in [-0.15, -0.1) is 0 Å². The number of nitrogens with one attached hydrogen (secondary N) is 1. The monoisotopic (exact) mass is 459 g/mol. The van der Waals surface area contributed by atoms with Crippen LogP contribution in [0, 0.1) is 5.41 Å². The van der Waals surface area contributed by atoms with Gasteiger partial charge >= 0.3 is 12.0 Å². The van der Waals surface area contributed by atoms with Gasteiger partial charge in [-0.3, -0.25) is 9.69 Å². The summed E-state index contributed by atoms with van der Waals surface area (Å²) >= 11 is 0. The lowest BCUT2D eigenvalue weighted by Gasteiger charge is -2.33. The minimum Gasteiger partial charge on any atom is -0.487 e. The van der Waals surface area contributed by atoms with Gasteiger partial charge in [0.25, 0.3) is 0 Å². The van der Waals surface area contributed by atoms with Crippen molar-refractivity contribution in [3.05, 3.63) is 66.9 Å². The zero-order chi connectivity index (χ0) is 23.7. The van der Waals surface area contributed by atoms with Gasteiger partial charge in [-0.25, -0.2) is 9.78 Å². The molecule has 174 valence electrons. The van der Waals surface area contributed by atoms with E-state index in [9.17, 15) is 14.7 Å². The summed E-state index contributed by atoms with van der Waals surface area (Å²) < 4.78 is 11.6. The lowest BCUT2D eigenvalue weighted by molar-refractivity contribution is -0.144. The predicted octanol–water partition coefficient (Wildman–Crippen LogP) is 4.81. The predicted molar refractivity (Wildman–Crippen MR) is 127 cm³/mol. The van der Waals surface area contributed by atoms with Crippen molar-refractivity contribution in [2.45, 2.75) is 25.9 Å². The summed E-state index contributed by atoms with van der Waals surface area (Å²) in [6.07, 6.45) is 2.79. The molecule has 2 amide bonds. The molecule has 8 heteroatoms. The molecule has 8 nitrogen and oxygen atoms in total. The van der Waals surface area contributed by atoms with Crippen molar-refractivity contribution in [1.29, 1.82) is 0 Å². The van der Waals surface area contributed by atoms with E-state index in [-0.39, 0.29) is 18.7 Å². The summed E-state index contributed by atoms with van der Waals surface area (Å²) in [6, 6.07) is 18.4. The standard InChI is InChI=1S/C26H25N3O5/c1-17-15-29(25(32)28-20-5-3-2-4-6-20)21-9-7-18(13-22(21)34-17)19-8-10-23(27-14-19)33-16-26(11-12-26)24(30)31/h2-10,13-14,17H,11-12,15-16H2,1H3,(H,28,32)(H,30,31). The highest BCUT2D eigenvalue weighted by atomic mass is 16.5. The second kappa shape index (κ2) is 8.70. The third kappa shape index (κ3) is 4.39. The number of hydrogen-bond donors (Lipinski definition) is 2. The molecule has 1 aliphatic carbocycles. The van der Waals surface area contributed by atoms with Crippen LogP contribution >= 0.6 is 0 Å². The smallest absolute Gasteiger partial charge is 0.326 e. The number of urea groups is 1. The van der Waals surface area contributed by atoms with E-state index in [4.69, 9.17) is 9.47 Å². The first-order valence-corrected chi connectivity index (χ1v) is 11.2. The van der Waals surface area contributed by atoms with Crippen LogP contribution in [0.25, 0.3) is 11.1 Å². The second-order valence-electron chi connectivity index (χ2n) is 8.78. The number of para-hydroxylation sites is 1. The third-order valence-electron chi connectivity index (χ3n) is 6.16. The molecule has 2 aromatic carbocycles. The van der Waals surface area contributed by atoms with Crippen LogP contribution in [0.5, 0.6) is 11.6 Å². The summed E-state index contributed by atoms with van der Waals surface area (Å²) in [4.78, 5) is 30.3. The molecule has 1 atom stereocenters. The number of rotatable bonds is 6. The van der Waals surface area contributed by atoms with Gasteiger partial charge in [-0.2, -0.15) is 0 Å². The molecular weight excluding hydrogens is 434 g/mol. The number of pyridine rings is 1. The Hall–Kier alpha value is -4.07. The van der Waals surface area contributed by atoms with E-state index in [1.54, 1.807) is 17.2 Å².